The van der Waals surface area contributed by atoms with Crippen LogP contribution in [0.4, 0.5) is 5.69 Å². The normalized spacial score (nSPS) is 15.8. The molecule has 3 rings (SSSR count). The van der Waals surface area contributed by atoms with E-state index in [2.05, 4.69) is 5.32 Å². The number of carbonyl (C=O) groups excluding carboxylic acids is 2. The van der Waals surface area contributed by atoms with E-state index in [9.17, 15) is 9.59 Å². The highest BCUT2D eigenvalue weighted by atomic mass is 32.1. The minimum absolute atomic E-state index is 0.133. The first kappa shape index (κ1) is 24.4. The molecule has 0 amide bonds. The Morgan fingerprint density at radius 3 is 2.27 bits per heavy atom. The standard InChI is InChI=1S/C25H28N2O5S/c1-15-6-11-20(14-16(15)2)27-17(3)21(24(29)32-13-12-30-4)22(26-25(27)33)18-7-9-19(10-8-18)23(28)31-5/h6-11,14,22H,12-13H2,1-5H3,(H,26,33). The molecule has 0 saturated heterocycles. The van der Waals surface area contributed by atoms with Crippen molar-refractivity contribution in [3.8, 4) is 0 Å². The van der Waals surface area contributed by atoms with Gasteiger partial charge in [-0.3, -0.25) is 4.90 Å². The zero-order chi connectivity index (χ0) is 24.1. The molecular formula is C25H28N2O5S. The van der Waals surface area contributed by atoms with Gasteiger partial charge in [0.15, 0.2) is 5.11 Å². The average Bonchev–Trinajstić information content (AvgIpc) is 2.80. The molecule has 8 heteroatoms. The number of hydrogen-bond donors (Lipinski definition) is 1. The maximum Gasteiger partial charge on any atom is 0.338 e. The van der Waals surface area contributed by atoms with Crippen molar-refractivity contribution in [2.45, 2.75) is 26.8 Å². The summed E-state index contributed by atoms with van der Waals surface area (Å²) in [7, 11) is 2.88. The molecule has 0 bridgehead atoms. The van der Waals surface area contributed by atoms with Crippen LogP contribution < -0.4 is 10.2 Å². The Bertz CT molecular complexity index is 1090. The maximum atomic E-state index is 13.2. The summed E-state index contributed by atoms with van der Waals surface area (Å²) >= 11 is 5.71. The molecule has 2 aromatic rings. The van der Waals surface area contributed by atoms with Gasteiger partial charge in [-0.2, -0.15) is 0 Å². The highest BCUT2D eigenvalue weighted by Gasteiger charge is 2.35. The summed E-state index contributed by atoms with van der Waals surface area (Å²) in [6, 6.07) is 12.3. The molecule has 1 unspecified atom stereocenters. The lowest BCUT2D eigenvalue weighted by atomic mass is 9.94. The van der Waals surface area contributed by atoms with Crippen LogP contribution in [0.3, 0.4) is 0 Å². The van der Waals surface area contributed by atoms with E-state index in [0.29, 0.717) is 28.6 Å². The van der Waals surface area contributed by atoms with Crippen molar-refractivity contribution in [3.63, 3.8) is 0 Å². The monoisotopic (exact) mass is 468 g/mol. The third kappa shape index (κ3) is 5.23. The summed E-state index contributed by atoms with van der Waals surface area (Å²) in [4.78, 5) is 26.8. The van der Waals surface area contributed by atoms with Crippen LogP contribution in [0.2, 0.25) is 0 Å². The van der Waals surface area contributed by atoms with E-state index in [4.69, 9.17) is 26.4 Å². The average molecular weight is 469 g/mol. The molecule has 33 heavy (non-hydrogen) atoms. The fourth-order valence-electron chi connectivity index (χ4n) is 3.66. The number of allylic oxidation sites excluding steroid dienone is 1. The van der Waals surface area contributed by atoms with Crippen LogP contribution >= 0.6 is 12.2 Å². The van der Waals surface area contributed by atoms with Crippen LogP contribution in [0, 0.1) is 13.8 Å². The van der Waals surface area contributed by atoms with E-state index in [-0.39, 0.29) is 6.61 Å². The van der Waals surface area contributed by atoms with Crippen molar-refractivity contribution in [3.05, 3.63) is 76.0 Å². The predicted octanol–water partition coefficient (Wildman–Crippen LogP) is 3.99. The van der Waals surface area contributed by atoms with Gasteiger partial charge in [0.2, 0.25) is 0 Å². The number of nitrogens with one attached hydrogen (secondary N) is 1. The summed E-state index contributed by atoms with van der Waals surface area (Å²) in [5.74, 6) is -0.893. The number of aryl methyl sites for hydroxylation is 2. The molecule has 1 N–H and O–H groups in total. The fraction of sp³-hybridized carbons (Fsp3) is 0.320. The van der Waals surface area contributed by atoms with Gasteiger partial charge >= 0.3 is 11.9 Å². The topological polar surface area (TPSA) is 77.1 Å². The van der Waals surface area contributed by atoms with Crippen molar-refractivity contribution in [2.75, 3.05) is 32.3 Å². The van der Waals surface area contributed by atoms with Crippen molar-refractivity contribution in [1.29, 1.82) is 0 Å². The molecule has 0 saturated carbocycles. The largest absolute Gasteiger partial charge is 0.465 e. The number of methoxy groups -OCH3 is 2. The summed E-state index contributed by atoms with van der Waals surface area (Å²) in [5, 5.41) is 3.75. The van der Waals surface area contributed by atoms with Gasteiger partial charge in [-0.1, -0.05) is 18.2 Å². The molecular weight excluding hydrogens is 440 g/mol. The van der Waals surface area contributed by atoms with Gasteiger partial charge in [-0.15, -0.1) is 0 Å². The molecule has 2 aromatic carbocycles. The number of anilines is 1. The summed E-state index contributed by atoms with van der Waals surface area (Å²) < 4.78 is 15.3. The highest BCUT2D eigenvalue weighted by Crippen LogP contribution is 2.35. The Hall–Kier alpha value is -3.23. The summed E-state index contributed by atoms with van der Waals surface area (Å²) in [6.45, 7) is 6.35. The number of ether oxygens (including phenoxy) is 3. The van der Waals surface area contributed by atoms with Gasteiger partial charge in [-0.05, 0) is 73.9 Å². The molecule has 1 aliphatic heterocycles. The quantitative estimate of drug-likeness (QED) is 0.371. The van der Waals surface area contributed by atoms with E-state index in [1.165, 1.54) is 12.7 Å². The fourth-order valence-corrected chi connectivity index (χ4v) is 4.02. The number of esters is 2. The number of thiocarbonyl (C=S) groups is 1. The maximum absolute atomic E-state index is 13.2. The second-order valence-corrected chi connectivity index (χ2v) is 8.11. The minimum atomic E-state index is -0.540. The first-order valence-corrected chi connectivity index (χ1v) is 10.9. The van der Waals surface area contributed by atoms with Crippen LogP contribution in [0.25, 0.3) is 0 Å². The Balaban J connectivity index is 2.06. The number of hydrogen-bond acceptors (Lipinski definition) is 6. The lowest BCUT2D eigenvalue weighted by Crippen LogP contribution is -2.48. The molecule has 0 radical (unpaired) electrons. The van der Waals surface area contributed by atoms with Gasteiger partial charge in [0.05, 0.1) is 30.9 Å². The number of benzene rings is 2. The first-order chi connectivity index (χ1) is 15.8. The molecule has 1 heterocycles. The molecule has 0 spiro atoms. The Morgan fingerprint density at radius 2 is 1.67 bits per heavy atom. The number of nitrogens with zero attached hydrogens (tertiary/aromatic N) is 1. The second kappa shape index (κ2) is 10.6. The van der Waals surface area contributed by atoms with Crippen molar-refractivity contribution >= 4 is 35.0 Å². The third-order valence-electron chi connectivity index (χ3n) is 5.64. The molecule has 174 valence electrons. The van der Waals surface area contributed by atoms with E-state index in [0.717, 1.165) is 16.8 Å². The van der Waals surface area contributed by atoms with Gasteiger partial charge in [0.1, 0.15) is 6.61 Å². The number of carbonyl (C=O) groups is 2. The van der Waals surface area contributed by atoms with Gasteiger partial charge in [0.25, 0.3) is 0 Å². The van der Waals surface area contributed by atoms with Crippen LogP contribution in [0.5, 0.6) is 0 Å². The smallest absolute Gasteiger partial charge is 0.338 e. The van der Waals surface area contributed by atoms with Gasteiger partial charge in [-0.25, -0.2) is 9.59 Å². The number of rotatable bonds is 7. The predicted molar refractivity (Wildman–Crippen MR) is 130 cm³/mol. The Morgan fingerprint density at radius 1 is 0.970 bits per heavy atom. The third-order valence-corrected chi connectivity index (χ3v) is 5.94. The molecule has 1 aliphatic rings. The van der Waals surface area contributed by atoms with Crippen molar-refractivity contribution in [1.82, 2.24) is 5.32 Å². The Kier molecular flexibility index (Phi) is 7.84. The van der Waals surface area contributed by atoms with Gasteiger partial charge in [0, 0.05) is 18.5 Å². The lowest BCUT2D eigenvalue weighted by molar-refractivity contribution is -0.140. The van der Waals surface area contributed by atoms with E-state index >= 15 is 0 Å². The van der Waals surface area contributed by atoms with Crippen LogP contribution in [0.1, 0.15) is 40.0 Å². The van der Waals surface area contributed by atoms with Crippen LogP contribution in [-0.2, 0) is 19.0 Å². The molecule has 0 aliphatic carbocycles. The first-order valence-electron chi connectivity index (χ1n) is 10.5. The van der Waals surface area contributed by atoms with E-state index in [1.807, 2.05) is 43.9 Å². The summed E-state index contributed by atoms with van der Waals surface area (Å²) in [5.41, 5.74) is 5.43. The molecule has 0 fully saturated rings. The minimum Gasteiger partial charge on any atom is -0.465 e. The van der Waals surface area contributed by atoms with Gasteiger partial charge < -0.3 is 19.5 Å². The zero-order valence-corrected chi connectivity index (χ0v) is 20.2. The lowest BCUT2D eigenvalue weighted by Gasteiger charge is -2.37. The SMILES string of the molecule is COCCOC(=O)C1=C(C)N(c2ccc(C)c(C)c2)C(=S)NC1c1ccc(C(=O)OC)cc1. The molecule has 1 atom stereocenters. The van der Waals surface area contributed by atoms with Crippen molar-refractivity contribution in [2.24, 2.45) is 0 Å². The van der Waals surface area contributed by atoms with E-state index < -0.39 is 18.0 Å². The highest BCUT2D eigenvalue weighted by molar-refractivity contribution is 7.80. The molecule has 0 aromatic heterocycles. The molecule has 7 nitrogen and oxygen atoms in total. The summed E-state index contributed by atoms with van der Waals surface area (Å²) in [6.07, 6.45) is 0. The van der Waals surface area contributed by atoms with E-state index in [1.54, 1.807) is 31.4 Å². The second-order valence-electron chi connectivity index (χ2n) is 7.73. The van der Waals surface area contributed by atoms with Crippen molar-refractivity contribution < 1.29 is 23.8 Å². The van der Waals surface area contributed by atoms with Crippen LogP contribution in [-0.4, -0.2) is 44.5 Å². The van der Waals surface area contributed by atoms with Crippen LogP contribution in [0.15, 0.2) is 53.7 Å². The Labute approximate surface area is 199 Å². The zero-order valence-electron chi connectivity index (χ0n) is 19.4.